The molecule has 1 saturated heterocycles. The Morgan fingerprint density at radius 2 is 1.82 bits per heavy atom. The van der Waals surface area contributed by atoms with Crippen molar-refractivity contribution in [2.45, 2.75) is 19.3 Å². The van der Waals surface area contributed by atoms with E-state index in [0.29, 0.717) is 15.6 Å². The fourth-order valence-corrected chi connectivity index (χ4v) is 2.15. The van der Waals surface area contributed by atoms with Crippen LogP contribution in [-0.4, -0.2) is 24.0 Å². The van der Waals surface area contributed by atoms with Gasteiger partial charge in [0.15, 0.2) is 0 Å². The number of nitrogens with one attached hydrogen (secondary N) is 1. The van der Waals surface area contributed by atoms with Crippen LogP contribution < -0.4 is 5.43 Å². The fraction of sp³-hybridized carbons (Fsp3) is 0.417. The molecule has 0 aromatic heterocycles. The standard InChI is InChI=1S/C12H14Cl2N2O/c13-10-5-4-9(8-11(10)14)12(17)15-16-6-2-1-3-7-16/h4-5,8H,1-3,6-7H2,(H,15,17). The summed E-state index contributed by atoms with van der Waals surface area (Å²) in [5, 5.41) is 2.81. The molecule has 0 radical (unpaired) electrons. The molecule has 0 bridgehead atoms. The normalized spacial score (nSPS) is 16.8. The number of carbonyl (C=O) groups excluding carboxylic acids is 1. The lowest BCUT2D eigenvalue weighted by atomic mass is 10.1. The maximum Gasteiger partial charge on any atom is 0.265 e. The number of hydrazine groups is 1. The Bertz CT molecular complexity index is 417. The van der Waals surface area contributed by atoms with Gasteiger partial charge in [-0.1, -0.05) is 29.6 Å². The van der Waals surface area contributed by atoms with E-state index in [-0.39, 0.29) is 5.91 Å². The van der Waals surface area contributed by atoms with Crippen LogP contribution in [0.1, 0.15) is 29.6 Å². The number of hydrogen-bond acceptors (Lipinski definition) is 2. The first kappa shape index (κ1) is 12.7. The van der Waals surface area contributed by atoms with E-state index in [1.807, 2.05) is 5.01 Å². The summed E-state index contributed by atoms with van der Waals surface area (Å²) in [5.74, 6) is -0.134. The van der Waals surface area contributed by atoms with E-state index in [1.165, 1.54) is 6.42 Å². The highest BCUT2D eigenvalue weighted by molar-refractivity contribution is 6.42. The Labute approximate surface area is 111 Å². The van der Waals surface area contributed by atoms with Crippen molar-refractivity contribution in [1.29, 1.82) is 0 Å². The van der Waals surface area contributed by atoms with E-state index in [1.54, 1.807) is 18.2 Å². The van der Waals surface area contributed by atoms with Crippen molar-refractivity contribution in [2.24, 2.45) is 0 Å². The van der Waals surface area contributed by atoms with E-state index in [2.05, 4.69) is 5.43 Å². The van der Waals surface area contributed by atoms with Crippen LogP contribution in [0.3, 0.4) is 0 Å². The third kappa shape index (κ3) is 3.35. The van der Waals surface area contributed by atoms with Crippen molar-refractivity contribution < 1.29 is 4.79 Å². The Balaban J connectivity index is 2.01. The molecule has 1 aromatic rings. The Morgan fingerprint density at radius 3 is 2.47 bits per heavy atom. The number of nitrogens with zero attached hydrogens (tertiary/aromatic N) is 1. The molecule has 0 aliphatic carbocycles. The summed E-state index contributed by atoms with van der Waals surface area (Å²) < 4.78 is 0. The van der Waals surface area contributed by atoms with Crippen molar-refractivity contribution in [2.75, 3.05) is 13.1 Å². The molecule has 0 atom stereocenters. The molecule has 1 heterocycles. The molecule has 17 heavy (non-hydrogen) atoms. The highest BCUT2D eigenvalue weighted by Gasteiger charge is 2.14. The van der Waals surface area contributed by atoms with Gasteiger partial charge in [-0.25, -0.2) is 5.01 Å². The second kappa shape index (κ2) is 5.71. The van der Waals surface area contributed by atoms with Crippen LogP contribution in [0.2, 0.25) is 10.0 Å². The van der Waals surface area contributed by atoms with Gasteiger partial charge in [-0.05, 0) is 31.0 Å². The highest BCUT2D eigenvalue weighted by atomic mass is 35.5. The van der Waals surface area contributed by atoms with Crippen LogP contribution in [-0.2, 0) is 0 Å². The molecule has 0 unspecified atom stereocenters. The molecule has 1 aliphatic heterocycles. The average molecular weight is 273 g/mol. The Kier molecular flexibility index (Phi) is 4.26. The van der Waals surface area contributed by atoms with Gasteiger partial charge in [-0.3, -0.25) is 10.2 Å². The number of piperidine rings is 1. The lowest BCUT2D eigenvalue weighted by Gasteiger charge is -2.26. The second-order valence-electron chi connectivity index (χ2n) is 4.12. The fourth-order valence-electron chi connectivity index (χ4n) is 1.85. The first-order chi connectivity index (χ1) is 8.16. The predicted molar refractivity (Wildman–Crippen MR) is 69.4 cm³/mol. The quantitative estimate of drug-likeness (QED) is 0.897. The summed E-state index contributed by atoms with van der Waals surface area (Å²) in [6, 6.07) is 4.89. The third-order valence-electron chi connectivity index (χ3n) is 2.80. The molecular weight excluding hydrogens is 259 g/mol. The topological polar surface area (TPSA) is 32.3 Å². The van der Waals surface area contributed by atoms with Gasteiger partial charge >= 0.3 is 0 Å². The van der Waals surface area contributed by atoms with Crippen LogP contribution >= 0.6 is 23.2 Å². The molecule has 2 rings (SSSR count). The largest absolute Gasteiger partial charge is 0.285 e. The minimum Gasteiger partial charge on any atom is -0.285 e. The molecule has 1 aromatic carbocycles. The first-order valence-electron chi connectivity index (χ1n) is 5.68. The Hall–Kier alpha value is -0.770. The van der Waals surface area contributed by atoms with Crippen LogP contribution in [0, 0.1) is 0 Å². The number of halogens is 2. The SMILES string of the molecule is O=C(NN1CCCCC1)c1ccc(Cl)c(Cl)c1. The van der Waals surface area contributed by atoms with Gasteiger partial charge in [0.05, 0.1) is 10.0 Å². The number of hydrogen-bond donors (Lipinski definition) is 1. The zero-order valence-corrected chi connectivity index (χ0v) is 10.9. The van der Waals surface area contributed by atoms with Gasteiger partial charge in [-0.15, -0.1) is 0 Å². The smallest absolute Gasteiger partial charge is 0.265 e. The minimum absolute atomic E-state index is 0.134. The molecule has 92 valence electrons. The molecule has 5 heteroatoms. The van der Waals surface area contributed by atoms with E-state index in [0.717, 1.165) is 25.9 Å². The van der Waals surface area contributed by atoms with E-state index in [4.69, 9.17) is 23.2 Å². The predicted octanol–water partition coefficient (Wildman–Crippen LogP) is 3.12. The van der Waals surface area contributed by atoms with Crippen molar-refractivity contribution >= 4 is 29.1 Å². The third-order valence-corrected chi connectivity index (χ3v) is 3.54. The van der Waals surface area contributed by atoms with E-state index >= 15 is 0 Å². The maximum atomic E-state index is 11.9. The summed E-state index contributed by atoms with van der Waals surface area (Å²) in [6.45, 7) is 1.82. The number of benzene rings is 1. The van der Waals surface area contributed by atoms with Gasteiger partial charge in [0, 0.05) is 18.7 Å². The average Bonchev–Trinajstić information content (AvgIpc) is 2.34. The second-order valence-corrected chi connectivity index (χ2v) is 4.93. The number of carbonyl (C=O) groups is 1. The van der Waals surface area contributed by atoms with Gasteiger partial charge in [-0.2, -0.15) is 0 Å². The lowest BCUT2D eigenvalue weighted by molar-refractivity contribution is 0.0750. The molecule has 0 saturated carbocycles. The zero-order valence-electron chi connectivity index (χ0n) is 9.38. The van der Waals surface area contributed by atoms with Gasteiger partial charge in [0.1, 0.15) is 0 Å². The van der Waals surface area contributed by atoms with Crippen molar-refractivity contribution in [1.82, 2.24) is 10.4 Å². The van der Waals surface area contributed by atoms with Crippen LogP contribution in [0.15, 0.2) is 18.2 Å². The van der Waals surface area contributed by atoms with Crippen molar-refractivity contribution in [3.05, 3.63) is 33.8 Å². The summed E-state index contributed by atoms with van der Waals surface area (Å²) in [5.41, 5.74) is 3.41. The summed E-state index contributed by atoms with van der Waals surface area (Å²) in [6.07, 6.45) is 3.49. The summed E-state index contributed by atoms with van der Waals surface area (Å²) >= 11 is 11.7. The molecule has 0 spiro atoms. The molecule has 1 N–H and O–H groups in total. The summed E-state index contributed by atoms with van der Waals surface area (Å²) in [7, 11) is 0. The maximum absolute atomic E-state index is 11.9. The molecule has 1 aliphatic rings. The zero-order chi connectivity index (χ0) is 12.3. The molecule has 3 nitrogen and oxygen atoms in total. The van der Waals surface area contributed by atoms with Crippen molar-refractivity contribution in [3.63, 3.8) is 0 Å². The minimum atomic E-state index is -0.134. The van der Waals surface area contributed by atoms with Gasteiger partial charge in [0.25, 0.3) is 5.91 Å². The Morgan fingerprint density at radius 1 is 1.12 bits per heavy atom. The monoisotopic (exact) mass is 272 g/mol. The van der Waals surface area contributed by atoms with Crippen LogP contribution in [0.5, 0.6) is 0 Å². The van der Waals surface area contributed by atoms with Gasteiger partial charge in [0.2, 0.25) is 0 Å². The van der Waals surface area contributed by atoms with Crippen LogP contribution in [0.25, 0.3) is 0 Å². The lowest BCUT2D eigenvalue weighted by Crippen LogP contribution is -2.45. The van der Waals surface area contributed by atoms with E-state index < -0.39 is 0 Å². The molecular formula is C12H14Cl2N2O. The summed E-state index contributed by atoms with van der Waals surface area (Å²) in [4.78, 5) is 11.9. The molecule has 1 amide bonds. The van der Waals surface area contributed by atoms with E-state index in [9.17, 15) is 4.79 Å². The first-order valence-corrected chi connectivity index (χ1v) is 6.43. The number of amides is 1. The number of rotatable bonds is 2. The molecule has 1 fully saturated rings. The van der Waals surface area contributed by atoms with Gasteiger partial charge < -0.3 is 0 Å². The van der Waals surface area contributed by atoms with Crippen molar-refractivity contribution in [3.8, 4) is 0 Å². The highest BCUT2D eigenvalue weighted by Crippen LogP contribution is 2.22. The van der Waals surface area contributed by atoms with Crippen LogP contribution in [0.4, 0.5) is 0 Å².